The standard InChI is InChI=1S/C9H11N5O/c1-2-5-14-9(11-12-13-14)10-7-8-4-3-6-15-8/h2-4,6H,1,5,7H2,(H,10,11,13). The van der Waals surface area contributed by atoms with Crippen LogP contribution in [0.4, 0.5) is 5.95 Å². The Morgan fingerprint density at radius 2 is 2.53 bits per heavy atom. The van der Waals surface area contributed by atoms with Crippen molar-refractivity contribution < 1.29 is 4.42 Å². The largest absolute Gasteiger partial charge is 0.467 e. The SMILES string of the molecule is C=CCn1nnnc1NCc1ccco1. The molecular weight excluding hydrogens is 194 g/mol. The summed E-state index contributed by atoms with van der Waals surface area (Å²) in [6.07, 6.45) is 3.36. The molecule has 0 aliphatic rings. The molecule has 0 atom stereocenters. The van der Waals surface area contributed by atoms with Crippen molar-refractivity contribution in [3.63, 3.8) is 0 Å². The van der Waals surface area contributed by atoms with Gasteiger partial charge in [0.05, 0.1) is 19.4 Å². The van der Waals surface area contributed by atoms with E-state index in [2.05, 4.69) is 27.4 Å². The molecule has 0 saturated heterocycles. The molecule has 0 aromatic carbocycles. The monoisotopic (exact) mass is 205 g/mol. The van der Waals surface area contributed by atoms with Gasteiger partial charge in [-0.1, -0.05) is 11.2 Å². The second kappa shape index (κ2) is 4.41. The Labute approximate surface area is 86.6 Å². The van der Waals surface area contributed by atoms with Crippen molar-refractivity contribution in [2.45, 2.75) is 13.1 Å². The first kappa shape index (κ1) is 9.45. The summed E-state index contributed by atoms with van der Waals surface area (Å²) in [5.41, 5.74) is 0. The summed E-state index contributed by atoms with van der Waals surface area (Å²) < 4.78 is 6.79. The molecule has 0 unspecified atom stereocenters. The fraction of sp³-hybridized carbons (Fsp3) is 0.222. The van der Waals surface area contributed by atoms with Gasteiger partial charge in [-0.3, -0.25) is 0 Å². The molecule has 2 rings (SSSR count). The Balaban J connectivity index is 1.98. The summed E-state index contributed by atoms with van der Waals surface area (Å²) in [5.74, 6) is 1.44. The molecule has 0 amide bonds. The Hall–Kier alpha value is -2.11. The van der Waals surface area contributed by atoms with E-state index >= 15 is 0 Å². The van der Waals surface area contributed by atoms with Crippen LogP contribution < -0.4 is 5.32 Å². The summed E-state index contributed by atoms with van der Waals surface area (Å²) in [6.45, 7) is 4.76. The molecule has 2 heterocycles. The molecule has 0 radical (unpaired) electrons. The number of hydrogen-bond acceptors (Lipinski definition) is 5. The highest BCUT2D eigenvalue weighted by Crippen LogP contribution is 2.05. The minimum absolute atomic E-state index is 0.560. The lowest BCUT2D eigenvalue weighted by molar-refractivity contribution is 0.516. The first-order chi connectivity index (χ1) is 7.40. The summed E-state index contributed by atoms with van der Waals surface area (Å²) in [4.78, 5) is 0. The van der Waals surface area contributed by atoms with Crippen LogP contribution in [0.1, 0.15) is 5.76 Å². The van der Waals surface area contributed by atoms with E-state index in [-0.39, 0.29) is 0 Å². The highest BCUT2D eigenvalue weighted by Gasteiger charge is 2.04. The molecular formula is C9H11N5O. The van der Waals surface area contributed by atoms with Crippen molar-refractivity contribution in [3.05, 3.63) is 36.8 Å². The van der Waals surface area contributed by atoms with Crippen LogP contribution in [0, 0.1) is 0 Å². The second-order valence-corrected chi connectivity index (χ2v) is 2.91. The molecule has 78 valence electrons. The molecule has 2 aromatic heterocycles. The first-order valence-corrected chi connectivity index (χ1v) is 4.53. The van der Waals surface area contributed by atoms with Gasteiger partial charge in [-0.05, 0) is 22.6 Å². The van der Waals surface area contributed by atoms with Gasteiger partial charge >= 0.3 is 0 Å². The Morgan fingerprint density at radius 1 is 1.60 bits per heavy atom. The highest BCUT2D eigenvalue weighted by atomic mass is 16.3. The van der Waals surface area contributed by atoms with Crippen LogP contribution in [0.5, 0.6) is 0 Å². The van der Waals surface area contributed by atoms with Crippen LogP contribution in [0.2, 0.25) is 0 Å². The van der Waals surface area contributed by atoms with Gasteiger partial charge in [-0.15, -0.1) is 6.58 Å². The van der Waals surface area contributed by atoms with E-state index in [0.29, 0.717) is 19.0 Å². The number of tetrazole rings is 1. The lowest BCUT2D eigenvalue weighted by Crippen LogP contribution is -2.07. The van der Waals surface area contributed by atoms with Crippen LogP contribution in [0.3, 0.4) is 0 Å². The zero-order valence-electron chi connectivity index (χ0n) is 8.13. The molecule has 6 heteroatoms. The number of nitrogens with one attached hydrogen (secondary N) is 1. The van der Waals surface area contributed by atoms with E-state index in [1.807, 2.05) is 12.1 Å². The van der Waals surface area contributed by atoms with E-state index in [1.165, 1.54) is 0 Å². The molecule has 6 nitrogen and oxygen atoms in total. The van der Waals surface area contributed by atoms with Gasteiger partial charge in [0, 0.05) is 0 Å². The topological polar surface area (TPSA) is 68.8 Å². The summed E-state index contributed by atoms with van der Waals surface area (Å²) in [6, 6.07) is 3.72. The van der Waals surface area contributed by atoms with Crippen molar-refractivity contribution in [2.24, 2.45) is 0 Å². The van der Waals surface area contributed by atoms with E-state index in [0.717, 1.165) is 5.76 Å². The van der Waals surface area contributed by atoms with Crippen molar-refractivity contribution in [1.82, 2.24) is 20.2 Å². The molecule has 0 bridgehead atoms. The van der Waals surface area contributed by atoms with Gasteiger partial charge in [0.2, 0.25) is 5.95 Å². The van der Waals surface area contributed by atoms with Crippen molar-refractivity contribution >= 4 is 5.95 Å². The second-order valence-electron chi connectivity index (χ2n) is 2.91. The normalized spacial score (nSPS) is 10.1. The number of furan rings is 1. The van der Waals surface area contributed by atoms with Gasteiger partial charge in [0.1, 0.15) is 5.76 Å². The Kier molecular flexibility index (Phi) is 2.77. The summed E-state index contributed by atoms with van der Waals surface area (Å²) in [5, 5.41) is 14.3. The maximum Gasteiger partial charge on any atom is 0.243 e. The van der Waals surface area contributed by atoms with E-state index in [4.69, 9.17) is 4.42 Å². The van der Waals surface area contributed by atoms with Crippen LogP contribution >= 0.6 is 0 Å². The van der Waals surface area contributed by atoms with Crippen LogP contribution in [-0.2, 0) is 13.1 Å². The molecule has 0 fully saturated rings. The molecule has 0 saturated carbocycles. The van der Waals surface area contributed by atoms with E-state index in [9.17, 15) is 0 Å². The van der Waals surface area contributed by atoms with Crippen LogP contribution in [-0.4, -0.2) is 20.2 Å². The van der Waals surface area contributed by atoms with Gasteiger partial charge in [0.15, 0.2) is 0 Å². The third-order valence-electron chi connectivity index (χ3n) is 1.83. The maximum atomic E-state index is 5.17. The predicted molar refractivity (Wildman–Crippen MR) is 54.0 cm³/mol. The lowest BCUT2D eigenvalue weighted by atomic mass is 10.4. The minimum atomic E-state index is 0.560. The Morgan fingerprint density at radius 3 is 3.27 bits per heavy atom. The molecule has 0 aliphatic heterocycles. The number of aromatic nitrogens is 4. The third-order valence-corrected chi connectivity index (χ3v) is 1.83. The molecule has 2 aromatic rings. The summed E-state index contributed by atoms with van der Waals surface area (Å²) >= 11 is 0. The average molecular weight is 205 g/mol. The minimum Gasteiger partial charge on any atom is -0.467 e. The maximum absolute atomic E-state index is 5.17. The third kappa shape index (κ3) is 2.22. The van der Waals surface area contributed by atoms with Crippen LogP contribution in [0.15, 0.2) is 35.5 Å². The van der Waals surface area contributed by atoms with Gasteiger partial charge in [0.25, 0.3) is 0 Å². The summed E-state index contributed by atoms with van der Waals surface area (Å²) in [7, 11) is 0. The molecule has 0 spiro atoms. The quantitative estimate of drug-likeness (QED) is 0.739. The van der Waals surface area contributed by atoms with Crippen molar-refractivity contribution in [1.29, 1.82) is 0 Å². The number of rotatable bonds is 5. The number of hydrogen-bond donors (Lipinski definition) is 1. The first-order valence-electron chi connectivity index (χ1n) is 4.53. The fourth-order valence-electron chi connectivity index (χ4n) is 1.16. The average Bonchev–Trinajstić information content (AvgIpc) is 2.85. The number of anilines is 1. The molecule has 1 N–H and O–H groups in total. The van der Waals surface area contributed by atoms with E-state index in [1.54, 1.807) is 17.0 Å². The van der Waals surface area contributed by atoms with Crippen LogP contribution in [0.25, 0.3) is 0 Å². The number of nitrogens with zero attached hydrogens (tertiary/aromatic N) is 4. The molecule has 0 aliphatic carbocycles. The zero-order valence-corrected chi connectivity index (χ0v) is 8.13. The predicted octanol–water partition coefficient (Wildman–Crippen LogP) is 1.06. The van der Waals surface area contributed by atoms with Crippen molar-refractivity contribution in [2.75, 3.05) is 5.32 Å². The van der Waals surface area contributed by atoms with E-state index < -0.39 is 0 Å². The smallest absolute Gasteiger partial charge is 0.243 e. The lowest BCUT2D eigenvalue weighted by Gasteiger charge is -2.02. The fourth-order valence-corrected chi connectivity index (χ4v) is 1.16. The van der Waals surface area contributed by atoms with Crippen molar-refractivity contribution in [3.8, 4) is 0 Å². The van der Waals surface area contributed by atoms with Gasteiger partial charge in [-0.25, -0.2) is 4.68 Å². The molecule has 15 heavy (non-hydrogen) atoms. The Bertz CT molecular complexity index is 419. The van der Waals surface area contributed by atoms with Gasteiger partial charge in [-0.2, -0.15) is 0 Å². The highest BCUT2D eigenvalue weighted by molar-refractivity contribution is 5.23. The van der Waals surface area contributed by atoms with Gasteiger partial charge < -0.3 is 9.73 Å². The zero-order chi connectivity index (χ0) is 10.5. The number of allylic oxidation sites excluding steroid dienone is 1.